The molecule has 4 N–H and O–H groups in total. The van der Waals surface area contributed by atoms with Crippen LogP contribution in [0.2, 0.25) is 0 Å². The molecule has 0 fully saturated rings. The van der Waals surface area contributed by atoms with Gasteiger partial charge in [-0.1, -0.05) is 12.7 Å². The Balaban J connectivity index is 3.58. The number of anilines is 1. The molecule has 14 heavy (non-hydrogen) atoms. The van der Waals surface area contributed by atoms with Crippen molar-refractivity contribution in [3.8, 4) is 5.75 Å². The van der Waals surface area contributed by atoms with E-state index < -0.39 is 20.8 Å². The van der Waals surface area contributed by atoms with Gasteiger partial charge in [-0.3, -0.25) is 4.55 Å². The molecule has 0 spiro atoms. The van der Waals surface area contributed by atoms with Gasteiger partial charge in [-0.2, -0.15) is 8.42 Å². The first-order valence-corrected chi connectivity index (χ1v) is 5.02. The lowest BCUT2D eigenvalue weighted by Crippen LogP contribution is -2.01. The van der Waals surface area contributed by atoms with Crippen molar-refractivity contribution in [1.29, 1.82) is 0 Å². The van der Waals surface area contributed by atoms with Crippen LogP contribution in [0, 0.1) is 0 Å². The van der Waals surface area contributed by atoms with Crippen molar-refractivity contribution in [1.82, 2.24) is 0 Å². The molecule has 0 unspecified atom stereocenters. The van der Waals surface area contributed by atoms with Gasteiger partial charge in [0.1, 0.15) is 4.90 Å². The van der Waals surface area contributed by atoms with E-state index in [9.17, 15) is 13.5 Å². The second-order valence-electron chi connectivity index (χ2n) is 2.64. The maximum Gasteiger partial charge on any atom is 0.298 e. The van der Waals surface area contributed by atoms with Crippen LogP contribution < -0.4 is 5.73 Å². The SMILES string of the molecule is C=Cc1cc(N)c(O)c(S(=O)(=O)O)c1. The third-order valence-corrected chi connectivity index (χ3v) is 2.51. The van der Waals surface area contributed by atoms with Crippen LogP contribution in [0.25, 0.3) is 6.08 Å². The molecule has 0 bridgehead atoms. The van der Waals surface area contributed by atoms with Crippen LogP contribution in [0.5, 0.6) is 5.75 Å². The lowest BCUT2D eigenvalue weighted by molar-refractivity contribution is 0.445. The summed E-state index contributed by atoms with van der Waals surface area (Å²) < 4.78 is 30.3. The number of phenols is 1. The molecule has 0 saturated carbocycles. The maximum absolute atomic E-state index is 10.8. The number of hydrogen-bond acceptors (Lipinski definition) is 4. The molecule has 0 heterocycles. The van der Waals surface area contributed by atoms with E-state index >= 15 is 0 Å². The van der Waals surface area contributed by atoms with Crippen molar-refractivity contribution < 1.29 is 18.1 Å². The van der Waals surface area contributed by atoms with Crippen LogP contribution in [0.15, 0.2) is 23.6 Å². The van der Waals surface area contributed by atoms with Gasteiger partial charge < -0.3 is 10.8 Å². The smallest absolute Gasteiger partial charge is 0.298 e. The number of hydrogen-bond donors (Lipinski definition) is 3. The Bertz CT molecular complexity index is 478. The summed E-state index contributed by atoms with van der Waals surface area (Å²) in [6.45, 7) is 3.41. The van der Waals surface area contributed by atoms with Gasteiger partial charge in [0.2, 0.25) is 0 Å². The molecule has 6 heteroatoms. The highest BCUT2D eigenvalue weighted by Gasteiger charge is 2.17. The first-order valence-electron chi connectivity index (χ1n) is 3.58. The topological polar surface area (TPSA) is 101 Å². The normalized spacial score (nSPS) is 11.2. The molecule has 0 saturated heterocycles. The zero-order valence-corrected chi connectivity index (χ0v) is 7.95. The van der Waals surface area contributed by atoms with E-state index in [1.54, 1.807) is 0 Å². The average molecular weight is 215 g/mol. The van der Waals surface area contributed by atoms with E-state index in [-0.39, 0.29) is 5.69 Å². The molecular formula is C8H9NO4S. The first kappa shape index (κ1) is 10.6. The van der Waals surface area contributed by atoms with Gasteiger partial charge in [0.25, 0.3) is 10.1 Å². The largest absolute Gasteiger partial charge is 0.504 e. The van der Waals surface area contributed by atoms with E-state index in [2.05, 4.69) is 6.58 Å². The highest BCUT2D eigenvalue weighted by Crippen LogP contribution is 2.30. The number of aromatic hydroxyl groups is 1. The third-order valence-electron chi connectivity index (χ3n) is 1.64. The van der Waals surface area contributed by atoms with E-state index in [1.165, 1.54) is 12.1 Å². The third kappa shape index (κ3) is 1.86. The quantitative estimate of drug-likeness (QED) is 0.386. The Morgan fingerprint density at radius 2 is 2.00 bits per heavy atom. The van der Waals surface area contributed by atoms with E-state index in [1.807, 2.05) is 0 Å². The first-order chi connectivity index (χ1) is 6.36. The van der Waals surface area contributed by atoms with Crippen LogP contribution >= 0.6 is 0 Å². The van der Waals surface area contributed by atoms with Gasteiger partial charge >= 0.3 is 0 Å². The van der Waals surface area contributed by atoms with Crippen LogP contribution in [0.4, 0.5) is 5.69 Å². The Hall–Kier alpha value is -1.53. The lowest BCUT2D eigenvalue weighted by atomic mass is 10.2. The van der Waals surface area contributed by atoms with Crippen molar-refractivity contribution >= 4 is 21.9 Å². The summed E-state index contributed by atoms with van der Waals surface area (Å²) in [7, 11) is -4.47. The Labute approximate surface area is 81.2 Å². The minimum absolute atomic E-state index is 0.130. The Morgan fingerprint density at radius 1 is 1.43 bits per heavy atom. The average Bonchev–Trinajstić information content (AvgIpc) is 2.07. The van der Waals surface area contributed by atoms with Gasteiger partial charge in [0, 0.05) is 0 Å². The van der Waals surface area contributed by atoms with Gasteiger partial charge in [0.15, 0.2) is 5.75 Å². The lowest BCUT2D eigenvalue weighted by Gasteiger charge is -2.05. The number of rotatable bonds is 2. The summed E-state index contributed by atoms with van der Waals surface area (Å²) in [6.07, 6.45) is 1.35. The second kappa shape index (κ2) is 3.32. The molecule has 5 nitrogen and oxygen atoms in total. The fourth-order valence-corrected chi connectivity index (χ4v) is 1.61. The predicted octanol–water partition coefficient (Wildman–Crippen LogP) is 0.864. The van der Waals surface area contributed by atoms with Gasteiger partial charge in [-0.15, -0.1) is 0 Å². The van der Waals surface area contributed by atoms with Gasteiger partial charge in [0.05, 0.1) is 5.69 Å². The van der Waals surface area contributed by atoms with Crippen molar-refractivity contribution in [2.75, 3.05) is 5.73 Å². The monoisotopic (exact) mass is 215 g/mol. The van der Waals surface area contributed by atoms with Crippen molar-refractivity contribution in [2.24, 2.45) is 0 Å². The molecule has 0 radical (unpaired) electrons. The zero-order valence-electron chi connectivity index (χ0n) is 7.14. The van der Waals surface area contributed by atoms with Crippen molar-refractivity contribution in [3.63, 3.8) is 0 Å². The molecule has 0 amide bonds. The minimum Gasteiger partial charge on any atom is -0.504 e. The van der Waals surface area contributed by atoms with E-state index in [0.717, 1.165) is 6.07 Å². The molecule has 76 valence electrons. The van der Waals surface area contributed by atoms with E-state index in [0.29, 0.717) is 5.56 Å². The Morgan fingerprint density at radius 3 is 2.43 bits per heavy atom. The van der Waals surface area contributed by atoms with Crippen LogP contribution in [-0.2, 0) is 10.1 Å². The second-order valence-corrected chi connectivity index (χ2v) is 4.03. The summed E-state index contributed by atoms with van der Waals surface area (Å²) in [5.41, 5.74) is 5.59. The number of nitrogens with two attached hydrogens (primary N) is 1. The van der Waals surface area contributed by atoms with E-state index in [4.69, 9.17) is 10.3 Å². The molecular weight excluding hydrogens is 206 g/mol. The summed E-state index contributed by atoms with van der Waals surface area (Å²) in [5.74, 6) is -0.655. The zero-order chi connectivity index (χ0) is 10.9. The maximum atomic E-state index is 10.8. The summed E-state index contributed by atoms with van der Waals surface area (Å²) in [4.78, 5) is -0.618. The molecule has 1 rings (SSSR count). The predicted molar refractivity (Wildman–Crippen MR) is 52.4 cm³/mol. The minimum atomic E-state index is -4.47. The van der Waals surface area contributed by atoms with Gasteiger partial charge in [-0.25, -0.2) is 0 Å². The highest BCUT2D eigenvalue weighted by molar-refractivity contribution is 7.86. The molecule has 0 atom stereocenters. The van der Waals surface area contributed by atoms with Crippen molar-refractivity contribution in [3.05, 3.63) is 24.3 Å². The fraction of sp³-hybridized carbons (Fsp3) is 0. The van der Waals surface area contributed by atoms with Crippen LogP contribution in [-0.4, -0.2) is 18.1 Å². The number of nitrogen functional groups attached to an aromatic ring is 1. The molecule has 0 aliphatic rings. The number of phenolic OH excluding ortho intramolecular Hbond substituents is 1. The van der Waals surface area contributed by atoms with Crippen LogP contribution in [0.1, 0.15) is 5.56 Å². The molecule has 1 aromatic carbocycles. The van der Waals surface area contributed by atoms with Crippen LogP contribution in [0.3, 0.4) is 0 Å². The summed E-state index contributed by atoms with van der Waals surface area (Å²) >= 11 is 0. The molecule has 0 aromatic heterocycles. The van der Waals surface area contributed by atoms with Gasteiger partial charge in [-0.05, 0) is 17.7 Å². The summed E-state index contributed by atoms with van der Waals surface area (Å²) in [6, 6.07) is 2.42. The summed E-state index contributed by atoms with van der Waals surface area (Å²) in [5, 5.41) is 9.25. The molecule has 0 aliphatic carbocycles. The molecule has 1 aromatic rings. The standard InChI is InChI=1S/C8H9NO4S/c1-2-5-3-6(9)8(10)7(4-5)14(11,12)13/h2-4,10H,1,9H2,(H,11,12,13). The number of benzene rings is 1. The molecule has 0 aliphatic heterocycles. The fourth-order valence-electron chi connectivity index (χ4n) is 0.966. The van der Waals surface area contributed by atoms with Crippen molar-refractivity contribution in [2.45, 2.75) is 4.90 Å². The Kier molecular flexibility index (Phi) is 2.50. The highest BCUT2D eigenvalue weighted by atomic mass is 32.2.